The summed E-state index contributed by atoms with van der Waals surface area (Å²) in [6, 6.07) is 1.82. The number of nitrogens with zero attached hydrogens (tertiary/aromatic N) is 2. The normalized spacial score (nSPS) is 10.0. The van der Waals surface area contributed by atoms with Gasteiger partial charge in [0.1, 0.15) is 10.4 Å². The van der Waals surface area contributed by atoms with Crippen LogP contribution in [0.25, 0.3) is 0 Å². The van der Waals surface area contributed by atoms with E-state index in [2.05, 4.69) is 31.2 Å². The van der Waals surface area contributed by atoms with E-state index in [0.717, 1.165) is 23.4 Å². The van der Waals surface area contributed by atoms with Gasteiger partial charge < -0.3 is 5.32 Å². The van der Waals surface area contributed by atoms with Gasteiger partial charge >= 0.3 is 0 Å². The molecule has 1 aromatic heterocycles. The van der Waals surface area contributed by atoms with Crippen LogP contribution in [-0.4, -0.2) is 23.6 Å². The highest BCUT2D eigenvalue weighted by atomic mass is 79.9. The molecule has 3 nitrogen and oxygen atoms in total. The first-order valence-corrected chi connectivity index (χ1v) is 4.24. The van der Waals surface area contributed by atoms with Gasteiger partial charge in [-0.2, -0.15) is 0 Å². The molecule has 0 atom stereocenters. The molecule has 0 bridgehead atoms. The fourth-order valence-electron chi connectivity index (χ4n) is 0.731. The van der Waals surface area contributed by atoms with E-state index in [0.29, 0.717) is 0 Å². The Bertz CT molecular complexity index is 227. The molecule has 0 aromatic carbocycles. The van der Waals surface area contributed by atoms with E-state index in [1.54, 1.807) is 6.20 Å². The maximum atomic E-state index is 4.18. The summed E-state index contributed by atoms with van der Waals surface area (Å²) in [6.45, 7) is 0.913. The predicted octanol–water partition coefficient (Wildman–Crippen LogP) is 1.00. The number of hydrogen-bond donors (Lipinski definition) is 1. The topological polar surface area (TPSA) is 37.8 Å². The van der Waals surface area contributed by atoms with E-state index in [1.165, 1.54) is 0 Å². The summed E-state index contributed by atoms with van der Waals surface area (Å²) < 4.78 is 0.846. The van der Waals surface area contributed by atoms with Gasteiger partial charge in [0.05, 0.1) is 0 Å². The lowest BCUT2D eigenvalue weighted by molar-refractivity contribution is 0.753. The number of rotatable bonds is 3. The Hall–Kier alpha value is -0.480. The SMILES string of the molecule is CNCCc1nccc(Br)n1. The van der Waals surface area contributed by atoms with Gasteiger partial charge in [-0.05, 0) is 29.0 Å². The zero-order valence-electron chi connectivity index (χ0n) is 6.34. The Labute approximate surface area is 74.4 Å². The van der Waals surface area contributed by atoms with Gasteiger partial charge in [0.15, 0.2) is 0 Å². The molecule has 11 heavy (non-hydrogen) atoms. The quantitative estimate of drug-likeness (QED) is 0.766. The number of hydrogen-bond acceptors (Lipinski definition) is 3. The average molecular weight is 216 g/mol. The summed E-state index contributed by atoms with van der Waals surface area (Å²) in [5.74, 6) is 0.869. The van der Waals surface area contributed by atoms with Gasteiger partial charge in [0, 0.05) is 19.2 Å². The van der Waals surface area contributed by atoms with E-state index in [9.17, 15) is 0 Å². The second-order valence-electron chi connectivity index (χ2n) is 2.15. The molecule has 0 saturated carbocycles. The van der Waals surface area contributed by atoms with E-state index in [1.807, 2.05) is 13.1 Å². The lowest BCUT2D eigenvalue weighted by atomic mass is 10.4. The molecular formula is C7H10BrN3. The zero-order valence-corrected chi connectivity index (χ0v) is 7.93. The van der Waals surface area contributed by atoms with Gasteiger partial charge in [-0.15, -0.1) is 0 Å². The fraction of sp³-hybridized carbons (Fsp3) is 0.429. The van der Waals surface area contributed by atoms with E-state index >= 15 is 0 Å². The molecule has 1 aromatic rings. The molecule has 1 N–H and O–H groups in total. The van der Waals surface area contributed by atoms with Crippen LogP contribution in [0, 0.1) is 0 Å². The van der Waals surface area contributed by atoms with Crippen molar-refractivity contribution in [1.82, 2.24) is 15.3 Å². The maximum Gasteiger partial charge on any atom is 0.130 e. The van der Waals surface area contributed by atoms with E-state index in [4.69, 9.17) is 0 Å². The minimum atomic E-state index is 0.846. The van der Waals surface area contributed by atoms with Crippen LogP contribution >= 0.6 is 15.9 Å². The van der Waals surface area contributed by atoms with Crippen molar-refractivity contribution in [3.63, 3.8) is 0 Å². The first kappa shape index (κ1) is 8.62. The molecule has 0 radical (unpaired) electrons. The van der Waals surface area contributed by atoms with Crippen molar-refractivity contribution in [3.8, 4) is 0 Å². The predicted molar refractivity (Wildman–Crippen MR) is 47.4 cm³/mol. The van der Waals surface area contributed by atoms with Crippen LogP contribution < -0.4 is 5.32 Å². The van der Waals surface area contributed by atoms with Gasteiger partial charge in [0.25, 0.3) is 0 Å². The lowest BCUT2D eigenvalue weighted by Gasteiger charge is -1.97. The first-order valence-electron chi connectivity index (χ1n) is 3.45. The standard InChI is InChI=1S/C7H10BrN3/c1-9-4-3-7-10-5-2-6(8)11-7/h2,5,9H,3-4H2,1H3. The summed E-state index contributed by atoms with van der Waals surface area (Å²) in [5, 5.41) is 3.04. The molecule has 0 saturated heterocycles. The summed E-state index contributed by atoms with van der Waals surface area (Å²) in [5.41, 5.74) is 0. The van der Waals surface area contributed by atoms with E-state index < -0.39 is 0 Å². The van der Waals surface area contributed by atoms with Crippen molar-refractivity contribution in [2.24, 2.45) is 0 Å². The second-order valence-corrected chi connectivity index (χ2v) is 2.96. The smallest absolute Gasteiger partial charge is 0.130 e. The third-order valence-corrected chi connectivity index (χ3v) is 1.71. The largest absolute Gasteiger partial charge is 0.319 e. The zero-order chi connectivity index (χ0) is 8.10. The molecule has 0 aliphatic carbocycles. The monoisotopic (exact) mass is 215 g/mol. The average Bonchev–Trinajstić information content (AvgIpc) is 2.01. The Morgan fingerprint density at radius 3 is 3.09 bits per heavy atom. The second kappa shape index (κ2) is 4.41. The van der Waals surface area contributed by atoms with Crippen LogP contribution in [0.5, 0.6) is 0 Å². The van der Waals surface area contributed by atoms with Crippen LogP contribution in [0.1, 0.15) is 5.82 Å². The first-order chi connectivity index (χ1) is 5.33. The number of aromatic nitrogens is 2. The van der Waals surface area contributed by atoms with Gasteiger partial charge in [-0.25, -0.2) is 9.97 Å². The van der Waals surface area contributed by atoms with Crippen LogP contribution in [-0.2, 0) is 6.42 Å². The maximum absolute atomic E-state index is 4.18. The highest BCUT2D eigenvalue weighted by Crippen LogP contribution is 2.03. The molecule has 0 aliphatic heterocycles. The number of halogens is 1. The highest BCUT2D eigenvalue weighted by Gasteiger charge is 1.94. The van der Waals surface area contributed by atoms with Crippen molar-refractivity contribution >= 4 is 15.9 Å². The van der Waals surface area contributed by atoms with Crippen LogP contribution in [0.3, 0.4) is 0 Å². The van der Waals surface area contributed by atoms with Crippen molar-refractivity contribution in [3.05, 3.63) is 22.7 Å². The lowest BCUT2D eigenvalue weighted by Crippen LogP contribution is -2.12. The van der Waals surface area contributed by atoms with Crippen molar-refractivity contribution < 1.29 is 0 Å². The van der Waals surface area contributed by atoms with Gasteiger partial charge in [0.2, 0.25) is 0 Å². The molecule has 0 aliphatic rings. The molecule has 0 fully saturated rings. The van der Waals surface area contributed by atoms with Crippen LogP contribution in [0.2, 0.25) is 0 Å². The summed E-state index contributed by atoms with van der Waals surface area (Å²) >= 11 is 3.28. The molecule has 4 heteroatoms. The van der Waals surface area contributed by atoms with Crippen molar-refractivity contribution in [1.29, 1.82) is 0 Å². The molecule has 0 spiro atoms. The molecule has 1 heterocycles. The third-order valence-electron chi connectivity index (χ3n) is 1.27. The fourth-order valence-corrected chi connectivity index (χ4v) is 1.05. The van der Waals surface area contributed by atoms with Crippen LogP contribution in [0.15, 0.2) is 16.9 Å². The summed E-state index contributed by atoms with van der Waals surface area (Å²) in [6.07, 6.45) is 2.62. The molecule has 0 amide bonds. The Morgan fingerprint density at radius 2 is 2.45 bits per heavy atom. The number of nitrogens with one attached hydrogen (secondary N) is 1. The van der Waals surface area contributed by atoms with Gasteiger partial charge in [-0.3, -0.25) is 0 Å². The van der Waals surface area contributed by atoms with Crippen molar-refractivity contribution in [2.75, 3.05) is 13.6 Å². The minimum Gasteiger partial charge on any atom is -0.319 e. The van der Waals surface area contributed by atoms with E-state index in [-0.39, 0.29) is 0 Å². The summed E-state index contributed by atoms with van der Waals surface area (Å²) in [7, 11) is 1.91. The molecule has 0 unspecified atom stereocenters. The molecule has 1 rings (SSSR count). The number of likely N-dealkylation sites (N-methyl/N-ethyl adjacent to an activating group) is 1. The van der Waals surface area contributed by atoms with Crippen molar-refractivity contribution in [2.45, 2.75) is 6.42 Å². The Kier molecular flexibility index (Phi) is 3.45. The Balaban J connectivity index is 2.56. The minimum absolute atomic E-state index is 0.846. The van der Waals surface area contributed by atoms with Crippen LogP contribution in [0.4, 0.5) is 0 Å². The third kappa shape index (κ3) is 2.95. The van der Waals surface area contributed by atoms with Gasteiger partial charge in [-0.1, -0.05) is 0 Å². The molecular weight excluding hydrogens is 206 g/mol. The Morgan fingerprint density at radius 1 is 1.64 bits per heavy atom. The summed E-state index contributed by atoms with van der Waals surface area (Å²) in [4.78, 5) is 8.27. The highest BCUT2D eigenvalue weighted by molar-refractivity contribution is 9.10. The molecule has 60 valence electrons.